The van der Waals surface area contributed by atoms with Gasteiger partial charge in [-0.3, -0.25) is 0 Å². The fourth-order valence-electron chi connectivity index (χ4n) is 1.70. The average Bonchev–Trinajstić information content (AvgIpc) is 2.73. The normalized spacial score (nSPS) is 10.7. The molecule has 0 spiro atoms. The Morgan fingerprint density at radius 3 is 2.72 bits per heavy atom. The minimum absolute atomic E-state index is 0.591. The van der Waals surface area contributed by atoms with E-state index in [0.29, 0.717) is 11.7 Å². The van der Waals surface area contributed by atoms with Crippen LogP contribution in [-0.2, 0) is 6.54 Å². The van der Waals surface area contributed by atoms with Crippen LogP contribution in [0.5, 0.6) is 10.9 Å². The number of aryl methyl sites for hydroxylation is 2. The maximum atomic E-state index is 5.81. The van der Waals surface area contributed by atoms with Crippen LogP contribution >= 0.6 is 11.3 Å². The van der Waals surface area contributed by atoms with Crippen molar-refractivity contribution < 1.29 is 4.74 Å². The Balaban J connectivity index is 2.22. The summed E-state index contributed by atoms with van der Waals surface area (Å²) in [6.45, 7) is 6.92. The fraction of sp³-hybridized carbons (Fsp3) is 0.385. The van der Waals surface area contributed by atoms with E-state index < -0.39 is 0 Å². The first-order valence-electron chi connectivity index (χ1n) is 5.83. The maximum Gasteiger partial charge on any atom is 0.299 e. The Morgan fingerprint density at radius 1 is 1.22 bits per heavy atom. The highest BCUT2D eigenvalue weighted by Gasteiger charge is 2.09. The highest BCUT2D eigenvalue weighted by molar-refractivity contribution is 7.13. The second-order valence-corrected chi connectivity index (χ2v) is 5.32. The first-order chi connectivity index (χ1) is 8.60. The molecule has 96 valence electrons. The van der Waals surface area contributed by atoms with Crippen molar-refractivity contribution in [2.45, 2.75) is 27.3 Å². The van der Waals surface area contributed by atoms with Crippen molar-refractivity contribution in [3.05, 3.63) is 33.8 Å². The molecule has 4 nitrogen and oxygen atoms in total. The number of nitrogens with one attached hydrogen (secondary N) is 1. The Labute approximate surface area is 111 Å². The van der Waals surface area contributed by atoms with E-state index in [2.05, 4.69) is 42.4 Å². The molecule has 18 heavy (non-hydrogen) atoms. The van der Waals surface area contributed by atoms with Gasteiger partial charge in [0, 0.05) is 6.54 Å². The highest BCUT2D eigenvalue weighted by Crippen LogP contribution is 2.30. The van der Waals surface area contributed by atoms with Crippen molar-refractivity contribution in [1.82, 2.24) is 15.5 Å². The molecule has 0 amide bonds. The van der Waals surface area contributed by atoms with Crippen LogP contribution in [0.4, 0.5) is 0 Å². The molecule has 0 aliphatic rings. The average molecular weight is 263 g/mol. The largest absolute Gasteiger partial charge is 0.430 e. The molecule has 0 aliphatic carbocycles. The molecule has 1 aromatic heterocycles. The van der Waals surface area contributed by atoms with Crippen LogP contribution < -0.4 is 10.1 Å². The van der Waals surface area contributed by atoms with E-state index in [4.69, 9.17) is 4.74 Å². The van der Waals surface area contributed by atoms with E-state index in [-0.39, 0.29) is 0 Å². The lowest BCUT2D eigenvalue weighted by Gasteiger charge is -2.09. The molecule has 1 heterocycles. The Morgan fingerprint density at radius 2 is 2.00 bits per heavy atom. The van der Waals surface area contributed by atoms with Gasteiger partial charge in [0.05, 0.1) is 0 Å². The summed E-state index contributed by atoms with van der Waals surface area (Å²) in [5.41, 5.74) is 3.56. The summed E-state index contributed by atoms with van der Waals surface area (Å²) in [4.78, 5) is 0. The first-order valence-corrected chi connectivity index (χ1v) is 6.64. The number of aromatic nitrogens is 2. The van der Waals surface area contributed by atoms with Gasteiger partial charge in [0.1, 0.15) is 10.8 Å². The van der Waals surface area contributed by atoms with Gasteiger partial charge in [-0.15, -0.1) is 5.10 Å². The summed E-state index contributed by atoms with van der Waals surface area (Å²) < 4.78 is 5.81. The number of hydrogen-bond donors (Lipinski definition) is 1. The smallest absolute Gasteiger partial charge is 0.299 e. The van der Waals surface area contributed by atoms with Crippen molar-refractivity contribution in [1.29, 1.82) is 0 Å². The van der Waals surface area contributed by atoms with Crippen molar-refractivity contribution in [3.63, 3.8) is 0 Å². The Hall–Kier alpha value is -1.46. The molecular weight excluding hydrogens is 246 g/mol. The second kappa shape index (κ2) is 5.46. The predicted octanol–water partition coefficient (Wildman–Crippen LogP) is 2.98. The van der Waals surface area contributed by atoms with Crippen LogP contribution in [0.25, 0.3) is 0 Å². The molecular formula is C13H17N3OS. The van der Waals surface area contributed by atoms with Crippen LogP contribution in [0, 0.1) is 20.8 Å². The molecule has 0 aliphatic heterocycles. The lowest BCUT2D eigenvalue weighted by Crippen LogP contribution is -2.04. The molecule has 0 atom stereocenters. The van der Waals surface area contributed by atoms with E-state index in [1.807, 2.05) is 13.1 Å². The van der Waals surface area contributed by atoms with Gasteiger partial charge in [-0.1, -0.05) is 22.5 Å². The number of benzene rings is 1. The second-order valence-electron chi connectivity index (χ2n) is 4.30. The van der Waals surface area contributed by atoms with Crippen LogP contribution in [0.1, 0.15) is 21.7 Å². The third-order valence-electron chi connectivity index (χ3n) is 2.74. The molecule has 0 fully saturated rings. The van der Waals surface area contributed by atoms with Crippen molar-refractivity contribution in [2.24, 2.45) is 0 Å². The fourth-order valence-corrected chi connectivity index (χ4v) is 2.42. The number of rotatable bonds is 4. The van der Waals surface area contributed by atoms with Crippen LogP contribution in [-0.4, -0.2) is 17.2 Å². The quantitative estimate of drug-likeness (QED) is 0.921. The summed E-state index contributed by atoms with van der Waals surface area (Å²) >= 11 is 1.47. The zero-order valence-electron chi connectivity index (χ0n) is 11.1. The molecule has 0 radical (unpaired) electrons. The van der Waals surface area contributed by atoms with E-state index >= 15 is 0 Å². The van der Waals surface area contributed by atoms with Gasteiger partial charge in [0.2, 0.25) is 0 Å². The summed E-state index contributed by atoms with van der Waals surface area (Å²) in [6, 6.07) is 4.18. The molecule has 0 unspecified atom stereocenters. The summed E-state index contributed by atoms with van der Waals surface area (Å²) in [5.74, 6) is 0.861. The standard InChI is InChI=1S/C13H17N3OS/c1-8-5-9(2)10(3)11(6-8)17-13-16-15-12(18-13)7-14-4/h5-6,14H,7H2,1-4H3. The van der Waals surface area contributed by atoms with Gasteiger partial charge in [-0.25, -0.2) is 0 Å². The molecule has 5 heteroatoms. The number of ether oxygens (including phenoxy) is 1. The van der Waals surface area contributed by atoms with Crippen LogP contribution in [0.3, 0.4) is 0 Å². The third-order valence-corrected chi connectivity index (χ3v) is 3.54. The zero-order valence-corrected chi connectivity index (χ0v) is 11.9. The first kappa shape index (κ1) is 13.0. The van der Waals surface area contributed by atoms with Gasteiger partial charge in [0.25, 0.3) is 5.19 Å². The number of hydrogen-bond acceptors (Lipinski definition) is 5. The van der Waals surface area contributed by atoms with Gasteiger partial charge in [0.15, 0.2) is 0 Å². The topological polar surface area (TPSA) is 47.0 Å². The minimum Gasteiger partial charge on any atom is -0.430 e. The lowest BCUT2D eigenvalue weighted by molar-refractivity contribution is 0.468. The zero-order chi connectivity index (χ0) is 13.1. The molecule has 1 aromatic carbocycles. The van der Waals surface area contributed by atoms with Crippen molar-refractivity contribution >= 4 is 11.3 Å². The summed E-state index contributed by atoms with van der Waals surface area (Å²) in [5, 5.41) is 12.7. The van der Waals surface area contributed by atoms with Gasteiger partial charge in [-0.05, 0) is 50.6 Å². The van der Waals surface area contributed by atoms with Crippen molar-refractivity contribution in [3.8, 4) is 10.9 Å². The van der Waals surface area contributed by atoms with Gasteiger partial charge in [-0.2, -0.15) is 0 Å². The van der Waals surface area contributed by atoms with E-state index in [1.165, 1.54) is 22.5 Å². The Bertz CT molecular complexity index is 551. The highest BCUT2D eigenvalue weighted by atomic mass is 32.1. The molecule has 0 saturated heterocycles. The molecule has 0 bridgehead atoms. The number of nitrogens with zero attached hydrogens (tertiary/aromatic N) is 2. The minimum atomic E-state index is 0.591. The molecule has 2 aromatic rings. The SMILES string of the molecule is CNCc1nnc(Oc2cc(C)cc(C)c2C)s1. The molecule has 0 saturated carbocycles. The van der Waals surface area contributed by atoms with Crippen LogP contribution in [0.2, 0.25) is 0 Å². The van der Waals surface area contributed by atoms with Gasteiger partial charge < -0.3 is 10.1 Å². The van der Waals surface area contributed by atoms with Gasteiger partial charge >= 0.3 is 0 Å². The monoisotopic (exact) mass is 263 g/mol. The van der Waals surface area contributed by atoms with Crippen molar-refractivity contribution in [2.75, 3.05) is 7.05 Å². The summed E-state index contributed by atoms with van der Waals surface area (Å²) in [7, 11) is 1.88. The van der Waals surface area contributed by atoms with E-state index in [9.17, 15) is 0 Å². The Kier molecular flexibility index (Phi) is 3.93. The molecule has 2 rings (SSSR count). The predicted molar refractivity (Wildman–Crippen MR) is 73.4 cm³/mol. The maximum absolute atomic E-state index is 5.81. The van der Waals surface area contributed by atoms with E-state index in [1.54, 1.807) is 0 Å². The van der Waals surface area contributed by atoms with E-state index in [0.717, 1.165) is 16.3 Å². The lowest BCUT2D eigenvalue weighted by atomic mass is 10.1. The third kappa shape index (κ3) is 2.86. The molecule has 1 N–H and O–H groups in total. The summed E-state index contributed by atoms with van der Waals surface area (Å²) in [6.07, 6.45) is 0. The van der Waals surface area contributed by atoms with Crippen LogP contribution in [0.15, 0.2) is 12.1 Å².